The van der Waals surface area contributed by atoms with E-state index in [1.807, 2.05) is 0 Å². The first kappa shape index (κ1) is 24.4. The normalized spacial score (nSPS) is 15.6. The summed E-state index contributed by atoms with van der Waals surface area (Å²) in [5.74, 6) is -0.487. The molecule has 0 bridgehead atoms. The monoisotopic (exact) mass is 479 g/mol. The summed E-state index contributed by atoms with van der Waals surface area (Å²) >= 11 is 0. The molecule has 0 atom stereocenters. The van der Waals surface area contributed by atoms with Crippen LogP contribution in [0.3, 0.4) is 0 Å². The van der Waals surface area contributed by atoms with Gasteiger partial charge in [-0.2, -0.15) is 4.31 Å². The third-order valence-electron chi connectivity index (χ3n) is 4.94. The fraction of sp³-hybridized carbons (Fsp3) is 0.409. The van der Waals surface area contributed by atoms with Gasteiger partial charge in [0.25, 0.3) is 5.91 Å². The van der Waals surface area contributed by atoms with Crippen LogP contribution in [0.4, 0.5) is 0 Å². The number of carbonyl (C=O) groups excluding carboxylic acids is 1. The van der Waals surface area contributed by atoms with Crippen molar-refractivity contribution >= 4 is 26.0 Å². The molecule has 1 aliphatic heterocycles. The lowest BCUT2D eigenvalue weighted by molar-refractivity contribution is 0.0950. The van der Waals surface area contributed by atoms with E-state index >= 15 is 0 Å². The van der Waals surface area contributed by atoms with Gasteiger partial charge < -0.3 is 5.32 Å². The summed E-state index contributed by atoms with van der Waals surface area (Å²) in [4.78, 5) is 12.9. The van der Waals surface area contributed by atoms with Crippen molar-refractivity contribution in [2.45, 2.75) is 55.5 Å². The van der Waals surface area contributed by atoms with Crippen LogP contribution in [0.2, 0.25) is 0 Å². The van der Waals surface area contributed by atoms with Crippen LogP contribution in [0.25, 0.3) is 0 Å². The Bertz CT molecular complexity index is 1200. The van der Waals surface area contributed by atoms with Gasteiger partial charge in [-0.1, -0.05) is 24.3 Å². The van der Waals surface area contributed by atoms with Crippen molar-refractivity contribution in [3.05, 3.63) is 59.7 Å². The average Bonchev–Trinajstić information content (AvgIpc) is 3.26. The summed E-state index contributed by atoms with van der Waals surface area (Å²) < 4.78 is 55.1. The van der Waals surface area contributed by atoms with Crippen molar-refractivity contribution in [1.29, 1.82) is 0 Å². The van der Waals surface area contributed by atoms with Crippen LogP contribution < -0.4 is 10.0 Å². The molecule has 0 aromatic heterocycles. The number of nitrogens with one attached hydrogen (secondary N) is 2. The van der Waals surface area contributed by atoms with Crippen LogP contribution in [0.15, 0.2) is 58.3 Å². The van der Waals surface area contributed by atoms with Gasteiger partial charge in [0.05, 0.1) is 9.79 Å². The first-order valence-corrected chi connectivity index (χ1v) is 13.3. The molecule has 10 heteroatoms. The van der Waals surface area contributed by atoms with Crippen molar-refractivity contribution in [3.63, 3.8) is 0 Å². The summed E-state index contributed by atoms with van der Waals surface area (Å²) in [6.07, 6.45) is 1.65. The largest absolute Gasteiger partial charge is 0.348 e. The second-order valence-electron chi connectivity index (χ2n) is 8.78. The molecule has 1 heterocycles. The zero-order valence-corrected chi connectivity index (χ0v) is 20.1. The highest BCUT2D eigenvalue weighted by Gasteiger charge is 2.28. The maximum atomic E-state index is 12.8. The number of amides is 1. The fourth-order valence-electron chi connectivity index (χ4n) is 3.52. The van der Waals surface area contributed by atoms with Crippen LogP contribution in [-0.2, 0) is 26.6 Å². The molecule has 0 aliphatic carbocycles. The number of nitrogens with zero attached hydrogens (tertiary/aromatic N) is 1. The first-order chi connectivity index (χ1) is 14.9. The van der Waals surface area contributed by atoms with Gasteiger partial charge in [0.15, 0.2) is 0 Å². The van der Waals surface area contributed by atoms with Crippen LogP contribution in [-0.4, -0.2) is 45.7 Å². The molecule has 1 aliphatic rings. The SMILES string of the molecule is CC(C)(C)NS(=O)(=O)c1ccccc1CNC(=O)c1cccc(S(=O)(=O)N2CCCC2)c1. The van der Waals surface area contributed by atoms with Gasteiger partial charge in [-0.05, 0) is 63.4 Å². The van der Waals surface area contributed by atoms with Crippen molar-refractivity contribution in [1.82, 2.24) is 14.3 Å². The maximum Gasteiger partial charge on any atom is 0.251 e. The Balaban J connectivity index is 1.78. The average molecular weight is 480 g/mol. The number of hydrogen-bond acceptors (Lipinski definition) is 5. The summed E-state index contributed by atoms with van der Waals surface area (Å²) in [6.45, 7) is 6.18. The first-order valence-electron chi connectivity index (χ1n) is 10.4. The van der Waals surface area contributed by atoms with Crippen LogP contribution >= 0.6 is 0 Å². The van der Waals surface area contributed by atoms with Crippen molar-refractivity contribution in [2.75, 3.05) is 13.1 Å². The van der Waals surface area contributed by atoms with E-state index in [0.717, 1.165) is 12.8 Å². The lowest BCUT2D eigenvalue weighted by atomic mass is 10.1. The van der Waals surface area contributed by atoms with Crippen LogP contribution in [0.5, 0.6) is 0 Å². The molecule has 1 fully saturated rings. The van der Waals surface area contributed by atoms with E-state index in [4.69, 9.17) is 0 Å². The smallest absolute Gasteiger partial charge is 0.251 e. The van der Waals surface area contributed by atoms with Gasteiger partial charge in [0.2, 0.25) is 20.0 Å². The van der Waals surface area contributed by atoms with Gasteiger partial charge in [-0.3, -0.25) is 4.79 Å². The molecule has 2 aromatic carbocycles. The molecule has 32 heavy (non-hydrogen) atoms. The summed E-state index contributed by atoms with van der Waals surface area (Å²) in [5.41, 5.74) is -0.0342. The highest BCUT2D eigenvalue weighted by molar-refractivity contribution is 7.89. The zero-order chi connectivity index (χ0) is 23.6. The maximum absolute atomic E-state index is 12.8. The molecular weight excluding hydrogens is 450 g/mol. The molecular formula is C22H29N3O5S2. The Morgan fingerprint density at radius 3 is 2.28 bits per heavy atom. The minimum Gasteiger partial charge on any atom is -0.348 e. The Kier molecular flexibility index (Phi) is 7.09. The highest BCUT2D eigenvalue weighted by atomic mass is 32.2. The standard InChI is InChI=1S/C22H29N3O5S2/c1-22(2,3)24-31(27,28)20-12-5-4-9-18(20)16-23-21(26)17-10-8-11-19(15-17)32(29,30)25-13-6-7-14-25/h4-5,8-12,15,24H,6-7,13-14,16H2,1-3H3,(H,23,26). The van der Waals surface area contributed by atoms with E-state index in [9.17, 15) is 21.6 Å². The van der Waals surface area contributed by atoms with Gasteiger partial charge >= 0.3 is 0 Å². The molecule has 0 spiro atoms. The van der Waals surface area contributed by atoms with E-state index in [1.54, 1.807) is 39.0 Å². The Morgan fingerprint density at radius 2 is 1.62 bits per heavy atom. The third-order valence-corrected chi connectivity index (χ3v) is 8.69. The van der Waals surface area contributed by atoms with Gasteiger partial charge in [0.1, 0.15) is 0 Å². The van der Waals surface area contributed by atoms with E-state index in [1.165, 1.54) is 34.6 Å². The van der Waals surface area contributed by atoms with Gasteiger partial charge in [-0.15, -0.1) is 0 Å². The fourth-order valence-corrected chi connectivity index (χ4v) is 6.75. The Morgan fingerprint density at radius 1 is 0.969 bits per heavy atom. The van der Waals surface area contributed by atoms with Crippen molar-refractivity contribution in [3.8, 4) is 0 Å². The Labute approximate surface area is 190 Å². The Hall–Kier alpha value is -2.27. The minimum absolute atomic E-state index is 0.0246. The van der Waals surface area contributed by atoms with Crippen molar-refractivity contribution in [2.24, 2.45) is 0 Å². The summed E-state index contributed by atoms with van der Waals surface area (Å²) in [5, 5.41) is 2.70. The molecule has 2 aromatic rings. The van der Waals surface area contributed by atoms with Crippen LogP contribution in [0.1, 0.15) is 49.5 Å². The quantitative estimate of drug-likeness (QED) is 0.634. The molecule has 174 valence electrons. The van der Waals surface area contributed by atoms with Crippen LogP contribution in [0, 0.1) is 0 Å². The molecule has 2 N–H and O–H groups in total. The van der Waals surface area contributed by atoms with Crippen molar-refractivity contribution < 1.29 is 21.6 Å². The molecule has 0 unspecified atom stereocenters. The third kappa shape index (κ3) is 5.74. The summed E-state index contributed by atoms with van der Waals surface area (Å²) in [6, 6.07) is 12.3. The lowest BCUT2D eigenvalue weighted by Crippen LogP contribution is -2.41. The predicted molar refractivity (Wildman–Crippen MR) is 122 cm³/mol. The molecule has 1 amide bonds. The number of hydrogen-bond donors (Lipinski definition) is 2. The second-order valence-corrected chi connectivity index (χ2v) is 12.4. The zero-order valence-electron chi connectivity index (χ0n) is 18.5. The second kappa shape index (κ2) is 9.30. The topological polar surface area (TPSA) is 113 Å². The minimum atomic E-state index is -3.78. The number of rotatable bonds is 7. The molecule has 8 nitrogen and oxygen atoms in total. The summed E-state index contributed by atoms with van der Waals surface area (Å²) in [7, 11) is -7.42. The highest BCUT2D eigenvalue weighted by Crippen LogP contribution is 2.22. The number of carbonyl (C=O) groups is 1. The predicted octanol–water partition coefficient (Wildman–Crippen LogP) is 2.48. The van der Waals surface area contributed by atoms with Gasteiger partial charge in [-0.25, -0.2) is 21.6 Å². The number of sulfonamides is 2. The molecule has 3 rings (SSSR count). The molecule has 1 saturated heterocycles. The molecule has 0 saturated carbocycles. The van der Waals surface area contributed by atoms with E-state index in [-0.39, 0.29) is 21.9 Å². The molecule has 0 radical (unpaired) electrons. The van der Waals surface area contributed by atoms with E-state index in [0.29, 0.717) is 18.7 Å². The van der Waals surface area contributed by atoms with E-state index in [2.05, 4.69) is 10.0 Å². The van der Waals surface area contributed by atoms with Gasteiger partial charge in [0, 0.05) is 30.7 Å². The lowest BCUT2D eigenvalue weighted by Gasteiger charge is -2.21. The van der Waals surface area contributed by atoms with E-state index < -0.39 is 31.5 Å². The number of benzene rings is 2.